The van der Waals surface area contributed by atoms with Crippen molar-refractivity contribution in [2.45, 2.75) is 13.0 Å². The summed E-state index contributed by atoms with van der Waals surface area (Å²) in [6.07, 6.45) is 0. The molecular formula is C10H12BrNO2. The fourth-order valence-electron chi connectivity index (χ4n) is 1.04. The molecule has 3 nitrogen and oxygen atoms in total. The van der Waals surface area contributed by atoms with Crippen molar-refractivity contribution in [1.29, 1.82) is 0 Å². The summed E-state index contributed by atoms with van der Waals surface area (Å²) in [6, 6.07) is 6.59. The van der Waals surface area contributed by atoms with Gasteiger partial charge >= 0.3 is 5.97 Å². The highest BCUT2D eigenvalue weighted by Crippen LogP contribution is 2.16. The van der Waals surface area contributed by atoms with Crippen LogP contribution in [0.15, 0.2) is 28.7 Å². The van der Waals surface area contributed by atoms with Gasteiger partial charge in [0.1, 0.15) is 6.04 Å². The van der Waals surface area contributed by atoms with Crippen LogP contribution in [0.4, 0.5) is 0 Å². The zero-order valence-electron chi connectivity index (χ0n) is 7.87. The van der Waals surface area contributed by atoms with E-state index in [0.29, 0.717) is 6.61 Å². The molecule has 0 spiro atoms. The van der Waals surface area contributed by atoms with Gasteiger partial charge in [-0.25, -0.2) is 4.79 Å². The molecule has 0 aliphatic carbocycles. The first kappa shape index (κ1) is 11.2. The second kappa shape index (κ2) is 5.12. The van der Waals surface area contributed by atoms with E-state index in [9.17, 15) is 4.79 Å². The van der Waals surface area contributed by atoms with Crippen LogP contribution in [0, 0.1) is 0 Å². The normalized spacial score (nSPS) is 12.2. The van der Waals surface area contributed by atoms with Gasteiger partial charge in [0.2, 0.25) is 0 Å². The van der Waals surface area contributed by atoms with Gasteiger partial charge in [-0.3, -0.25) is 0 Å². The number of hydrogen-bond donors (Lipinski definition) is 1. The molecule has 0 radical (unpaired) electrons. The van der Waals surface area contributed by atoms with Crippen molar-refractivity contribution in [3.05, 3.63) is 34.3 Å². The highest BCUT2D eigenvalue weighted by Gasteiger charge is 2.16. The summed E-state index contributed by atoms with van der Waals surface area (Å²) < 4.78 is 5.77. The fourth-order valence-corrected chi connectivity index (χ4v) is 1.30. The van der Waals surface area contributed by atoms with E-state index in [1.54, 1.807) is 19.1 Å². The summed E-state index contributed by atoms with van der Waals surface area (Å²) >= 11 is 3.31. The first-order valence-corrected chi connectivity index (χ1v) is 5.12. The van der Waals surface area contributed by atoms with Crippen LogP contribution >= 0.6 is 15.9 Å². The average Bonchev–Trinajstić information content (AvgIpc) is 2.18. The molecule has 0 amide bonds. The first-order valence-electron chi connectivity index (χ1n) is 4.33. The zero-order chi connectivity index (χ0) is 10.6. The summed E-state index contributed by atoms with van der Waals surface area (Å²) in [6.45, 7) is 2.11. The van der Waals surface area contributed by atoms with E-state index >= 15 is 0 Å². The summed E-state index contributed by atoms with van der Waals surface area (Å²) in [4.78, 5) is 11.3. The predicted octanol–water partition coefficient (Wildman–Crippen LogP) is 2.01. The maximum absolute atomic E-state index is 11.3. The lowest BCUT2D eigenvalue weighted by atomic mass is 10.1. The number of ether oxygens (including phenoxy) is 1. The van der Waals surface area contributed by atoms with Gasteiger partial charge in [-0.1, -0.05) is 28.1 Å². The van der Waals surface area contributed by atoms with E-state index in [0.717, 1.165) is 10.0 Å². The standard InChI is InChI=1S/C10H12BrNO2/c1-2-14-10(13)9(12)7-3-5-8(11)6-4-7/h3-6,9H,2,12H2,1H3/t9-/m0/s1. The van der Waals surface area contributed by atoms with E-state index in [4.69, 9.17) is 10.5 Å². The Morgan fingerprint density at radius 3 is 2.57 bits per heavy atom. The minimum atomic E-state index is -0.692. The highest BCUT2D eigenvalue weighted by molar-refractivity contribution is 9.10. The molecule has 0 heterocycles. The van der Waals surface area contributed by atoms with Crippen LogP contribution in [-0.2, 0) is 9.53 Å². The van der Waals surface area contributed by atoms with Crippen LogP contribution in [0.25, 0.3) is 0 Å². The molecule has 76 valence electrons. The average molecular weight is 258 g/mol. The molecule has 1 atom stereocenters. The third-order valence-electron chi connectivity index (χ3n) is 1.77. The van der Waals surface area contributed by atoms with Crippen molar-refractivity contribution in [2.75, 3.05) is 6.61 Å². The van der Waals surface area contributed by atoms with Crippen molar-refractivity contribution in [1.82, 2.24) is 0 Å². The molecule has 0 saturated carbocycles. The van der Waals surface area contributed by atoms with E-state index in [1.165, 1.54) is 0 Å². The van der Waals surface area contributed by atoms with Crippen LogP contribution in [0.3, 0.4) is 0 Å². The number of benzene rings is 1. The molecule has 0 unspecified atom stereocenters. The van der Waals surface area contributed by atoms with Crippen molar-refractivity contribution in [3.63, 3.8) is 0 Å². The van der Waals surface area contributed by atoms with Crippen LogP contribution in [0.2, 0.25) is 0 Å². The number of halogens is 1. The van der Waals surface area contributed by atoms with Crippen molar-refractivity contribution >= 4 is 21.9 Å². The first-order chi connectivity index (χ1) is 6.65. The summed E-state index contributed by atoms with van der Waals surface area (Å²) in [5, 5.41) is 0. The minimum absolute atomic E-state index is 0.350. The monoisotopic (exact) mass is 257 g/mol. The molecule has 0 aliphatic rings. The second-order valence-corrected chi connectivity index (χ2v) is 3.70. The minimum Gasteiger partial charge on any atom is -0.465 e. The SMILES string of the molecule is CCOC(=O)[C@@H](N)c1ccc(Br)cc1. The molecule has 4 heteroatoms. The van der Waals surface area contributed by atoms with E-state index < -0.39 is 12.0 Å². The third-order valence-corrected chi connectivity index (χ3v) is 2.30. The molecule has 1 aromatic rings. The molecule has 0 saturated heterocycles. The highest BCUT2D eigenvalue weighted by atomic mass is 79.9. The number of rotatable bonds is 3. The van der Waals surface area contributed by atoms with Gasteiger partial charge in [0.15, 0.2) is 0 Å². The quantitative estimate of drug-likeness (QED) is 0.844. The summed E-state index contributed by atoms with van der Waals surface area (Å²) in [5.41, 5.74) is 6.44. The molecule has 1 aromatic carbocycles. The molecule has 0 bridgehead atoms. The van der Waals surface area contributed by atoms with Gasteiger partial charge < -0.3 is 10.5 Å². The zero-order valence-corrected chi connectivity index (χ0v) is 9.45. The fraction of sp³-hybridized carbons (Fsp3) is 0.300. The Labute approximate surface area is 91.4 Å². The van der Waals surface area contributed by atoms with E-state index in [2.05, 4.69) is 15.9 Å². The van der Waals surface area contributed by atoms with Crippen molar-refractivity contribution in [2.24, 2.45) is 5.73 Å². The molecule has 14 heavy (non-hydrogen) atoms. The number of esters is 1. The maximum atomic E-state index is 11.3. The van der Waals surface area contributed by atoms with Gasteiger partial charge in [-0.2, -0.15) is 0 Å². The Morgan fingerprint density at radius 2 is 2.07 bits per heavy atom. The van der Waals surface area contributed by atoms with Crippen LogP contribution in [0.5, 0.6) is 0 Å². The number of hydrogen-bond acceptors (Lipinski definition) is 3. The van der Waals surface area contributed by atoms with Gasteiger partial charge in [-0.05, 0) is 24.6 Å². The third kappa shape index (κ3) is 2.82. The molecule has 0 aliphatic heterocycles. The molecular weight excluding hydrogens is 246 g/mol. The lowest BCUT2D eigenvalue weighted by Gasteiger charge is -2.10. The van der Waals surface area contributed by atoms with Crippen molar-refractivity contribution < 1.29 is 9.53 Å². The van der Waals surface area contributed by atoms with E-state index in [-0.39, 0.29) is 0 Å². The van der Waals surface area contributed by atoms with E-state index in [1.807, 2.05) is 12.1 Å². The molecule has 1 rings (SSSR count). The Kier molecular flexibility index (Phi) is 4.10. The molecule has 2 N–H and O–H groups in total. The van der Waals surface area contributed by atoms with Gasteiger partial charge in [0.05, 0.1) is 6.61 Å². The number of carbonyl (C=O) groups excluding carboxylic acids is 1. The van der Waals surface area contributed by atoms with Crippen LogP contribution < -0.4 is 5.73 Å². The molecule has 0 aromatic heterocycles. The lowest BCUT2D eigenvalue weighted by Crippen LogP contribution is -2.23. The Hall–Kier alpha value is -0.870. The second-order valence-electron chi connectivity index (χ2n) is 2.78. The Morgan fingerprint density at radius 1 is 1.50 bits per heavy atom. The maximum Gasteiger partial charge on any atom is 0.327 e. The van der Waals surface area contributed by atoms with Crippen LogP contribution in [0.1, 0.15) is 18.5 Å². The number of carbonyl (C=O) groups is 1. The topological polar surface area (TPSA) is 52.3 Å². The van der Waals surface area contributed by atoms with Gasteiger partial charge in [0, 0.05) is 4.47 Å². The van der Waals surface area contributed by atoms with Gasteiger partial charge in [-0.15, -0.1) is 0 Å². The predicted molar refractivity (Wildman–Crippen MR) is 57.7 cm³/mol. The smallest absolute Gasteiger partial charge is 0.327 e. The molecule has 0 fully saturated rings. The Balaban J connectivity index is 2.73. The van der Waals surface area contributed by atoms with Gasteiger partial charge in [0.25, 0.3) is 0 Å². The largest absolute Gasteiger partial charge is 0.465 e. The van der Waals surface area contributed by atoms with Crippen molar-refractivity contribution in [3.8, 4) is 0 Å². The lowest BCUT2D eigenvalue weighted by molar-refractivity contribution is -0.144. The summed E-state index contributed by atoms with van der Waals surface area (Å²) in [5.74, 6) is -0.394. The van der Waals surface area contributed by atoms with Crippen LogP contribution in [-0.4, -0.2) is 12.6 Å². The Bertz CT molecular complexity index is 310. The summed E-state index contributed by atoms with van der Waals surface area (Å²) in [7, 11) is 0. The number of nitrogens with two attached hydrogens (primary N) is 1.